The number of urea groups is 1. The first-order chi connectivity index (χ1) is 6.31. The van der Waals surface area contributed by atoms with E-state index < -0.39 is 0 Å². The summed E-state index contributed by atoms with van der Waals surface area (Å²) < 4.78 is 0. The topological polar surface area (TPSA) is 44.4 Å². The summed E-state index contributed by atoms with van der Waals surface area (Å²) in [7, 11) is 0. The minimum Gasteiger partial charge on any atom is -0.336 e. The van der Waals surface area contributed by atoms with Gasteiger partial charge in [0.2, 0.25) is 0 Å². The number of hydrogen-bond acceptors (Lipinski definition) is 2. The van der Waals surface area contributed by atoms with E-state index in [-0.39, 0.29) is 6.03 Å². The number of likely N-dealkylation sites (N-methyl/N-ethyl adjacent to an activating group) is 1. The highest BCUT2D eigenvalue weighted by atomic mass is 16.2. The van der Waals surface area contributed by atoms with Crippen LogP contribution in [0.15, 0.2) is 0 Å². The molecule has 1 unspecified atom stereocenters. The molecular formula is C9H17N3O. The Morgan fingerprint density at radius 1 is 1.62 bits per heavy atom. The van der Waals surface area contributed by atoms with Gasteiger partial charge in [-0.2, -0.15) is 0 Å². The molecule has 0 radical (unpaired) electrons. The number of nitrogens with one attached hydrogen (secondary N) is 2. The number of nitrogens with zero attached hydrogens (tertiary/aromatic N) is 1. The number of hydrogen-bond donors (Lipinski definition) is 2. The third-order valence-corrected chi connectivity index (χ3v) is 2.66. The van der Waals surface area contributed by atoms with Crippen molar-refractivity contribution in [2.45, 2.75) is 31.8 Å². The van der Waals surface area contributed by atoms with E-state index in [2.05, 4.69) is 17.6 Å². The molecule has 1 saturated heterocycles. The molecule has 0 bridgehead atoms. The van der Waals surface area contributed by atoms with Crippen molar-refractivity contribution >= 4 is 6.03 Å². The Kier molecular flexibility index (Phi) is 2.40. The van der Waals surface area contributed by atoms with Crippen LogP contribution in [0.25, 0.3) is 0 Å². The summed E-state index contributed by atoms with van der Waals surface area (Å²) in [6.45, 7) is 4.72. The Hall–Kier alpha value is -0.770. The Morgan fingerprint density at radius 3 is 3.00 bits per heavy atom. The number of carbonyl (C=O) groups is 1. The fourth-order valence-electron chi connectivity index (χ4n) is 1.82. The van der Waals surface area contributed by atoms with Crippen LogP contribution in [0, 0.1) is 0 Å². The van der Waals surface area contributed by atoms with Gasteiger partial charge in [-0.15, -0.1) is 0 Å². The first-order valence-corrected chi connectivity index (χ1v) is 5.09. The van der Waals surface area contributed by atoms with Gasteiger partial charge in [0.1, 0.15) is 0 Å². The maximum atomic E-state index is 11.4. The van der Waals surface area contributed by atoms with E-state index >= 15 is 0 Å². The summed E-state index contributed by atoms with van der Waals surface area (Å²) in [6.07, 6.45) is 2.37. The van der Waals surface area contributed by atoms with Gasteiger partial charge in [-0.25, -0.2) is 4.79 Å². The number of rotatable bonds is 3. The monoisotopic (exact) mass is 183 g/mol. The molecule has 2 aliphatic rings. The van der Waals surface area contributed by atoms with Gasteiger partial charge in [0.25, 0.3) is 0 Å². The molecule has 1 aliphatic carbocycles. The lowest BCUT2D eigenvalue weighted by Crippen LogP contribution is -2.58. The van der Waals surface area contributed by atoms with E-state index in [1.54, 1.807) is 0 Å². The second-order valence-corrected chi connectivity index (χ2v) is 3.82. The molecule has 0 aromatic heterocycles. The lowest BCUT2D eigenvalue weighted by molar-refractivity contribution is 0.170. The Morgan fingerprint density at radius 2 is 2.38 bits per heavy atom. The lowest BCUT2D eigenvalue weighted by atomic mass is 10.2. The second kappa shape index (κ2) is 3.54. The SMILES string of the molecule is CCNC1CNC(=O)N(C2CC2)C1. The highest BCUT2D eigenvalue weighted by Crippen LogP contribution is 2.27. The van der Waals surface area contributed by atoms with Gasteiger partial charge in [-0.3, -0.25) is 0 Å². The average Bonchev–Trinajstić information content (AvgIpc) is 2.92. The van der Waals surface area contributed by atoms with E-state index in [4.69, 9.17) is 0 Å². The Bertz CT molecular complexity index is 203. The predicted molar refractivity (Wildman–Crippen MR) is 50.6 cm³/mol. The molecule has 2 fully saturated rings. The van der Waals surface area contributed by atoms with Crippen LogP contribution in [0.2, 0.25) is 0 Å². The zero-order valence-electron chi connectivity index (χ0n) is 8.05. The fourth-order valence-corrected chi connectivity index (χ4v) is 1.82. The quantitative estimate of drug-likeness (QED) is 0.654. The van der Waals surface area contributed by atoms with E-state index in [0.717, 1.165) is 19.6 Å². The summed E-state index contributed by atoms with van der Waals surface area (Å²) in [5, 5.41) is 6.27. The predicted octanol–water partition coefficient (Wildman–Crippen LogP) is 0.152. The second-order valence-electron chi connectivity index (χ2n) is 3.82. The molecule has 1 aliphatic heterocycles. The molecule has 2 N–H and O–H groups in total. The van der Waals surface area contributed by atoms with Crippen molar-refractivity contribution in [3.63, 3.8) is 0 Å². The molecule has 2 rings (SSSR count). The van der Waals surface area contributed by atoms with Crippen LogP contribution in [0.3, 0.4) is 0 Å². The van der Waals surface area contributed by atoms with Crippen molar-refractivity contribution in [2.24, 2.45) is 0 Å². The van der Waals surface area contributed by atoms with E-state index in [0.29, 0.717) is 12.1 Å². The van der Waals surface area contributed by atoms with E-state index in [9.17, 15) is 4.79 Å². The van der Waals surface area contributed by atoms with Crippen molar-refractivity contribution < 1.29 is 4.79 Å². The van der Waals surface area contributed by atoms with Crippen molar-refractivity contribution in [1.82, 2.24) is 15.5 Å². The average molecular weight is 183 g/mol. The molecule has 4 heteroatoms. The minimum absolute atomic E-state index is 0.122. The van der Waals surface area contributed by atoms with Crippen LogP contribution in [-0.4, -0.2) is 42.6 Å². The van der Waals surface area contributed by atoms with Gasteiger partial charge in [0, 0.05) is 25.2 Å². The largest absolute Gasteiger partial charge is 0.336 e. The highest BCUT2D eigenvalue weighted by Gasteiger charge is 2.36. The smallest absolute Gasteiger partial charge is 0.317 e. The van der Waals surface area contributed by atoms with Gasteiger partial charge in [-0.1, -0.05) is 6.92 Å². The summed E-state index contributed by atoms with van der Waals surface area (Å²) in [6, 6.07) is 1.08. The molecular weight excluding hydrogens is 166 g/mol. The molecule has 74 valence electrons. The molecule has 1 saturated carbocycles. The fraction of sp³-hybridized carbons (Fsp3) is 0.889. The van der Waals surface area contributed by atoms with Crippen LogP contribution in [-0.2, 0) is 0 Å². The van der Waals surface area contributed by atoms with Crippen LogP contribution < -0.4 is 10.6 Å². The van der Waals surface area contributed by atoms with Crippen LogP contribution in [0.4, 0.5) is 4.79 Å². The van der Waals surface area contributed by atoms with Gasteiger partial charge in [0.15, 0.2) is 0 Å². The highest BCUT2D eigenvalue weighted by molar-refractivity contribution is 5.75. The summed E-state index contributed by atoms with van der Waals surface area (Å²) in [5.74, 6) is 0. The first-order valence-electron chi connectivity index (χ1n) is 5.09. The summed E-state index contributed by atoms with van der Waals surface area (Å²) in [4.78, 5) is 13.4. The first kappa shape index (κ1) is 8.81. The van der Waals surface area contributed by atoms with Crippen molar-refractivity contribution in [3.05, 3.63) is 0 Å². The Balaban J connectivity index is 1.88. The molecule has 13 heavy (non-hydrogen) atoms. The third-order valence-electron chi connectivity index (χ3n) is 2.66. The molecule has 1 heterocycles. The molecule has 2 amide bonds. The minimum atomic E-state index is 0.122. The number of carbonyl (C=O) groups excluding carboxylic acids is 1. The van der Waals surface area contributed by atoms with Crippen molar-refractivity contribution in [3.8, 4) is 0 Å². The zero-order chi connectivity index (χ0) is 9.26. The molecule has 0 aromatic carbocycles. The summed E-state index contributed by atoms with van der Waals surface area (Å²) >= 11 is 0. The zero-order valence-corrected chi connectivity index (χ0v) is 8.05. The van der Waals surface area contributed by atoms with Gasteiger partial charge < -0.3 is 15.5 Å². The van der Waals surface area contributed by atoms with Crippen LogP contribution in [0.5, 0.6) is 0 Å². The van der Waals surface area contributed by atoms with Crippen LogP contribution in [0.1, 0.15) is 19.8 Å². The van der Waals surface area contributed by atoms with E-state index in [1.165, 1.54) is 12.8 Å². The molecule has 0 spiro atoms. The molecule has 1 atom stereocenters. The standard InChI is InChI=1S/C9H17N3O/c1-2-10-7-5-11-9(13)12(6-7)8-3-4-8/h7-8,10H,2-6H2,1H3,(H,11,13). The molecule has 4 nitrogen and oxygen atoms in total. The molecule has 0 aromatic rings. The van der Waals surface area contributed by atoms with Gasteiger partial charge in [-0.05, 0) is 19.4 Å². The van der Waals surface area contributed by atoms with Crippen molar-refractivity contribution in [1.29, 1.82) is 0 Å². The maximum absolute atomic E-state index is 11.4. The van der Waals surface area contributed by atoms with Gasteiger partial charge in [0.05, 0.1) is 0 Å². The lowest BCUT2D eigenvalue weighted by Gasteiger charge is -2.33. The van der Waals surface area contributed by atoms with Crippen molar-refractivity contribution in [2.75, 3.05) is 19.6 Å². The third kappa shape index (κ3) is 1.94. The van der Waals surface area contributed by atoms with Crippen LogP contribution >= 0.6 is 0 Å². The van der Waals surface area contributed by atoms with Gasteiger partial charge >= 0.3 is 6.03 Å². The van der Waals surface area contributed by atoms with E-state index in [1.807, 2.05) is 4.90 Å². The Labute approximate surface area is 78.7 Å². The normalized spacial score (nSPS) is 28.8. The summed E-state index contributed by atoms with van der Waals surface area (Å²) in [5.41, 5.74) is 0. The maximum Gasteiger partial charge on any atom is 0.317 e. The number of amides is 2.